The molecule has 4 aromatic rings. The second-order valence-electron chi connectivity index (χ2n) is 15.2. The molecular formula is C36H41F5N8O7. The summed E-state index contributed by atoms with van der Waals surface area (Å²) in [6, 6.07) is 4.24. The van der Waals surface area contributed by atoms with Crippen LogP contribution in [-0.2, 0) is 16.0 Å². The van der Waals surface area contributed by atoms with Crippen molar-refractivity contribution in [2.75, 3.05) is 22.9 Å². The fourth-order valence-corrected chi connectivity index (χ4v) is 6.34. The fraction of sp³-hybridized carbons (Fsp3) is 0.472. The predicted octanol–water partition coefficient (Wildman–Crippen LogP) is 6.92. The van der Waals surface area contributed by atoms with Crippen molar-refractivity contribution in [1.82, 2.24) is 29.8 Å². The quantitative estimate of drug-likeness (QED) is 0.149. The van der Waals surface area contributed by atoms with Gasteiger partial charge in [-0.1, -0.05) is 0 Å². The molecular weight excluding hydrogens is 751 g/mol. The summed E-state index contributed by atoms with van der Waals surface area (Å²) in [7, 11) is 0. The molecule has 0 spiro atoms. The maximum Gasteiger partial charge on any atom is 0.425 e. The van der Waals surface area contributed by atoms with E-state index in [0.29, 0.717) is 11.6 Å². The number of alkyl halides is 4. The van der Waals surface area contributed by atoms with Gasteiger partial charge in [0.15, 0.2) is 17.0 Å². The van der Waals surface area contributed by atoms with Crippen molar-refractivity contribution in [2.45, 2.75) is 96.6 Å². The zero-order valence-electron chi connectivity index (χ0n) is 31.3. The molecule has 0 radical (unpaired) electrons. The van der Waals surface area contributed by atoms with Crippen LogP contribution < -0.4 is 15.1 Å². The van der Waals surface area contributed by atoms with E-state index in [1.54, 1.807) is 46.4 Å². The number of nitrogens with one attached hydrogen (secondary N) is 1. The summed E-state index contributed by atoms with van der Waals surface area (Å²) in [4.78, 5) is 56.9. The Hall–Kier alpha value is -5.66. The van der Waals surface area contributed by atoms with Gasteiger partial charge in [0, 0.05) is 24.2 Å². The molecule has 0 saturated carbocycles. The predicted molar refractivity (Wildman–Crippen MR) is 191 cm³/mol. The first-order chi connectivity index (χ1) is 26.1. The Morgan fingerprint density at radius 1 is 1.00 bits per heavy atom. The smallest absolute Gasteiger partial charge is 0.425 e. The summed E-state index contributed by atoms with van der Waals surface area (Å²) in [6.45, 7) is 9.02. The lowest BCUT2D eigenvalue weighted by atomic mass is 9.83. The van der Waals surface area contributed by atoms with Crippen LogP contribution in [-0.4, -0.2) is 95.4 Å². The van der Waals surface area contributed by atoms with Crippen molar-refractivity contribution in [2.24, 2.45) is 0 Å². The number of pyridine rings is 1. The van der Waals surface area contributed by atoms with E-state index in [4.69, 9.17) is 9.47 Å². The van der Waals surface area contributed by atoms with Gasteiger partial charge in [-0.25, -0.2) is 51.3 Å². The number of rotatable bonds is 9. The summed E-state index contributed by atoms with van der Waals surface area (Å²) in [6.07, 6.45) is -9.02. The maximum absolute atomic E-state index is 14.2. The van der Waals surface area contributed by atoms with E-state index >= 15 is 0 Å². The summed E-state index contributed by atoms with van der Waals surface area (Å²) in [5, 5.41) is 23.3. The number of imide groups is 1. The number of carboxylic acid groups (broad SMARTS) is 1. The molecule has 302 valence electrons. The lowest BCUT2D eigenvalue weighted by Gasteiger charge is -2.46. The molecule has 15 nitrogen and oxygen atoms in total. The molecule has 1 aliphatic rings. The summed E-state index contributed by atoms with van der Waals surface area (Å²) in [5.74, 6) is -1.32. The number of halogens is 5. The standard InChI is InChI=1S/C36H41F5N8O7/c1-34(2,3)55-31(51)46-36(26(50)28(40)41)10-7-11-47(16-36)24-14-42-23(21-9-8-20(37)13-22(21)27(38)39)12-19(24)15-48-18-45-25-29(48)43-17-44-30(25)49(32(52)53)33(54)56-35(4,5)6/h8-9,12-14,17-18,26-28,50H,7,10-11,15-16H2,1-6H3,(H,46,51)(H,52,53). The number of aliphatic hydroxyl groups excluding tert-OH is 1. The molecule has 3 amide bonds. The number of anilines is 2. The Kier molecular flexibility index (Phi) is 11.7. The molecule has 1 fully saturated rings. The molecule has 5 rings (SSSR count). The average Bonchev–Trinajstić information content (AvgIpc) is 3.49. The number of fused-ring (bicyclic) bond motifs is 1. The monoisotopic (exact) mass is 792 g/mol. The van der Waals surface area contributed by atoms with E-state index in [1.165, 1.54) is 23.2 Å². The van der Waals surface area contributed by atoms with Crippen LogP contribution in [0.5, 0.6) is 0 Å². The number of amides is 3. The highest BCUT2D eigenvalue weighted by molar-refractivity contribution is 6.11. The van der Waals surface area contributed by atoms with E-state index in [0.717, 1.165) is 18.5 Å². The molecule has 1 aromatic carbocycles. The van der Waals surface area contributed by atoms with E-state index in [2.05, 4.69) is 25.3 Å². The van der Waals surface area contributed by atoms with Crippen LogP contribution in [0, 0.1) is 5.82 Å². The Bertz CT molecular complexity index is 2110. The molecule has 56 heavy (non-hydrogen) atoms. The zero-order chi connectivity index (χ0) is 41.3. The molecule has 1 saturated heterocycles. The Balaban J connectivity index is 1.63. The van der Waals surface area contributed by atoms with Gasteiger partial charge < -0.3 is 34.5 Å². The van der Waals surface area contributed by atoms with Gasteiger partial charge in [-0.3, -0.25) is 4.98 Å². The van der Waals surface area contributed by atoms with Crippen LogP contribution in [0.15, 0.2) is 43.1 Å². The van der Waals surface area contributed by atoms with Crippen LogP contribution in [0.3, 0.4) is 0 Å². The Morgan fingerprint density at radius 3 is 2.32 bits per heavy atom. The van der Waals surface area contributed by atoms with E-state index in [-0.39, 0.29) is 65.5 Å². The number of alkyl carbamates (subject to hydrolysis) is 1. The highest BCUT2D eigenvalue weighted by Gasteiger charge is 2.48. The third kappa shape index (κ3) is 9.23. The van der Waals surface area contributed by atoms with Crippen molar-refractivity contribution in [3.05, 3.63) is 60.1 Å². The summed E-state index contributed by atoms with van der Waals surface area (Å²) >= 11 is 0. The van der Waals surface area contributed by atoms with Crippen LogP contribution in [0.1, 0.15) is 71.9 Å². The van der Waals surface area contributed by atoms with Crippen LogP contribution in [0.4, 0.5) is 47.8 Å². The molecule has 2 atom stereocenters. The Labute approximate surface area is 317 Å². The lowest BCUT2D eigenvalue weighted by molar-refractivity contribution is -0.0664. The van der Waals surface area contributed by atoms with Crippen LogP contribution in [0.25, 0.3) is 22.4 Å². The highest BCUT2D eigenvalue weighted by atomic mass is 19.3. The van der Waals surface area contributed by atoms with Crippen molar-refractivity contribution in [1.29, 1.82) is 0 Å². The molecule has 0 bridgehead atoms. The molecule has 1 aliphatic heterocycles. The van der Waals surface area contributed by atoms with Crippen molar-refractivity contribution < 1.29 is 56.0 Å². The second-order valence-corrected chi connectivity index (χ2v) is 15.2. The molecule has 3 aromatic heterocycles. The molecule has 4 heterocycles. The molecule has 2 unspecified atom stereocenters. The number of nitrogens with zero attached hydrogens (tertiary/aromatic N) is 7. The lowest BCUT2D eigenvalue weighted by Crippen LogP contribution is -2.67. The second kappa shape index (κ2) is 15.8. The van der Waals surface area contributed by atoms with Crippen LogP contribution >= 0.6 is 0 Å². The van der Waals surface area contributed by atoms with Gasteiger partial charge in [-0.15, -0.1) is 0 Å². The van der Waals surface area contributed by atoms with Gasteiger partial charge >= 0.3 is 18.3 Å². The third-order valence-corrected chi connectivity index (χ3v) is 8.61. The summed E-state index contributed by atoms with van der Waals surface area (Å²) in [5.41, 5.74) is -4.27. The number of piperidine rings is 1. The van der Waals surface area contributed by atoms with E-state index < -0.39 is 71.2 Å². The first-order valence-electron chi connectivity index (χ1n) is 17.3. The average molecular weight is 793 g/mol. The largest absolute Gasteiger partial charge is 0.464 e. The number of carbonyl (C=O) groups is 3. The number of hydrogen-bond acceptors (Lipinski definition) is 11. The molecule has 0 aliphatic carbocycles. The van der Waals surface area contributed by atoms with Crippen LogP contribution in [0.2, 0.25) is 0 Å². The van der Waals surface area contributed by atoms with Crippen molar-refractivity contribution >= 4 is 40.9 Å². The number of aromatic nitrogens is 5. The SMILES string of the molecule is CC(C)(C)OC(=O)NC1(C(O)C(F)F)CCCN(c2cnc(-c3ccc(F)cc3C(F)F)cc2Cn2cnc3c(N(C(=O)O)C(=O)OC(C)(C)C)ncnc32)C1. The molecule has 3 N–H and O–H groups in total. The summed E-state index contributed by atoms with van der Waals surface area (Å²) < 4.78 is 82.9. The number of benzene rings is 1. The van der Waals surface area contributed by atoms with Gasteiger partial charge in [-0.2, -0.15) is 4.90 Å². The van der Waals surface area contributed by atoms with Gasteiger partial charge in [0.1, 0.15) is 29.5 Å². The molecule has 20 heteroatoms. The fourth-order valence-electron chi connectivity index (χ4n) is 6.34. The topological polar surface area (TPSA) is 185 Å². The van der Waals surface area contributed by atoms with E-state index in [9.17, 15) is 46.5 Å². The minimum absolute atomic E-state index is 0.0106. The van der Waals surface area contributed by atoms with Gasteiger partial charge in [0.2, 0.25) is 0 Å². The van der Waals surface area contributed by atoms with Gasteiger partial charge in [0.25, 0.3) is 12.9 Å². The first-order valence-corrected chi connectivity index (χ1v) is 17.3. The number of aliphatic hydroxyl groups is 1. The number of hydrogen-bond donors (Lipinski definition) is 3. The minimum atomic E-state index is -3.27. The van der Waals surface area contributed by atoms with Crippen molar-refractivity contribution in [3.63, 3.8) is 0 Å². The van der Waals surface area contributed by atoms with Gasteiger partial charge in [-0.05, 0) is 84.2 Å². The number of ether oxygens (including phenoxy) is 2. The maximum atomic E-state index is 14.2. The van der Waals surface area contributed by atoms with E-state index in [1.807, 2.05) is 0 Å². The van der Waals surface area contributed by atoms with Crippen molar-refractivity contribution in [3.8, 4) is 11.3 Å². The number of carbonyl (C=O) groups excluding carboxylic acids is 2. The van der Waals surface area contributed by atoms with Gasteiger partial charge in [0.05, 0.1) is 36.0 Å². The highest BCUT2D eigenvalue weighted by Crippen LogP contribution is 2.37. The number of imidazole rings is 1. The Morgan fingerprint density at radius 2 is 1.70 bits per heavy atom. The third-order valence-electron chi connectivity index (χ3n) is 8.61. The zero-order valence-corrected chi connectivity index (χ0v) is 31.3. The minimum Gasteiger partial charge on any atom is -0.464 e. The normalized spacial score (nSPS) is 16.9. The first kappa shape index (κ1) is 41.5.